The Balaban J connectivity index is 2.18. The normalized spacial score (nSPS) is 12.7. The standard InChI is InChI=1S/C15H12N4O3/c1-9-13(8-18-22-9)14(20)12(7-17)15(21)19-11-4-2-3-10(5-11)6-16/h2-5,8,12,14,20H,1H3,(H,19,21). The summed E-state index contributed by atoms with van der Waals surface area (Å²) in [6.07, 6.45) is -0.0797. The number of nitrogens with one attached hydrogen (secondary N) is 1. The third kappa shape index (κ3) is 3.11. The van der Waals surface area contributed by atoms with Gasteiger partial charge in [0.25, 0.3) is 0 Å². The van der Waals surface area contributed by atoms with Crippen molar-refractivity contribution < 1.29 is 14.4 Å². The Kier molecular flexibility index (Phi) is 4.52. The van der Waals surface area contributed by atoms with Gasteiger partial charge in [0.1, 0.15) is 11.9 Å². The Hall–Kier alpha value is -3.16. The van der Waals surface area contributed by atoms with Crippen molar-refractivity contribution in [2.45, 2.75) is 13.0 Å². The van der Waals surface area contributed by atoms with Crippen LogP contribution >= 0.6 is 0 Å². The summed E-state index contributed by atoms with van der Waals surface area (Å²) in [6, 6.07) is 9.98. The van der Waals surface area contributed by atoms with Gasteiger partial charge in [0, 0.05) is 11.3 Å². The van der Waals surface area contributed by atoms with Crippen LogP contribution in [0.15, 0.2) is 35.0 Å². The van der Waals surface area contributed by atoms with E-state index in [-0.39, 0.29) is 5.56 Å². The van der Waals surface area contributed by atoms with Gasteiger partial charge in [0.05, 0.1) is 23.9 Å². The molecule has 2 atom stereocenters. The molecule has 0 aliphatic heterocycles. The molecule has 0 aliphatic rings. The van der Waals surface area contributed by atoms with Gasteiger partial charge >= 0.3 is 0 Å². The first-order valence-corrected chi connectivity index (χ1v) is 6.36. The van der Waals surface area contributed by atoms with Crippen molar-refractivity contribution in [2.24, 2.45) is 5.92 Å². The number of aryl methyl sites for hydroxylation is 1. The molecule has 2 unspecified atom stereocenters. The van der Waals surface area contributed by atoms with Crippen molar-refractivity contribution in [2.75, 3.05) is 5.32 Å². The number of hydrogen-bond acceptors (Lipinski definition) is 6. The van der Waals surface area contributed by atoms with Gasteiger partial charge in [-0.1, -0.05) is 11.2 Å². The van der Waals surface area contributed by atoms with E-state index in [9.17, 15) is 9.90 Å². The highest BCUT2D eigenvalue weighted by Crippen LogP contribution is 2.25. The molecule has 2 rings (SSSR count). The molecule has 22 heavy (non-hydrogen) atoms. The number of aromatic nitrogens is 1. The Morgan fingerprint density at radius 2 is 2.23 bits per heavy atom. The van der Waals surface area contributed by atoms with E-state index < -0.39 is 17.9 Å². The fourth-order valence-electron chi connectivity index (χ4n) is 1.93. The van der Waals surface area contributed by atoms with Gasteiger partial charge < -0.3 is 14.9 Å². The number of nitriles is 2. The van der Waals surface area contributed by atoms with Gasteiger partial charge in [-0.15, -0.1) is 0 Å². The molecule has 2 aromatic rings. The quantitative estimate of drug-likeness (QED) is 0.884. The highest BCUT2D eigenvalue weighted by molar-refractivity contribution is 5.94. The lowest BCUT2D eigenvalue weighted by atomic mass is 9.97. The fourth-order valence-corrected chi connectivity index (χ4v) is 1.93. The molecule has 7 nitrogen and oxygen atoms in total. The Labute approximate surface area is 126 Å². The zero-order valence-corrected chi connectivity index (χ0v) is 11.6. The van der Waals surface area contributed by atoms with Crippen LogP contribution in [0.4, 0.5) is 5.69 Å². The highest BCUT2D eigenvalue weighted by atomic mass is 16.5. The predicted molar refractivity (Wildman–Crippen MR) is 75.1 cm³/mol. The molecule has 0 fully saturated rings. The third-order valence-corrected chi connectivity index (χ3v) is 3.10. The SMILES string of the molecule is Cc1oncc1C(O)C(C#N)C(=O)Nc1cccc(C#N)c1. The summed E-state index contributed by atoms with van der Waals surface area (Å²) >= 11 is 0. The zero-order chi connectivity index (χ0) is 16.1. The van der Waals surface area contributed by atoms with Crippen LogP contribution in [-0.2, 0) is 4.79 Å². The monoisotopic (exact) mass is 296 g/mol. The van der Waals surface area contributed by atoms with Crippen LogP contribution in [-0.4, -0.2) is 16.2 Å². The summed E-state index contributed by atoms with van der Waals surface area (Å²) in [7, 11) is 0. The minimum Gasteiger partial charge on any atom is -0.386 e. The van der Waals surface area contributed by atoms with Crippen molar-refractivity contribution in [3.05, 3.63) is 47.3 Å². The Bertz CT molecular complexity index is 770. The van der Waals surface area contributed by atoms with E-state index in [4.69, 9.17) is 15.0 Å². The van der Waals surface area contributed by atoms with Crippen LogP contribution in [0, 0.1) is 35.5 Å². The molecule has 0 bridgehead atoms. The van der Waals surface area contributed by atoms with Crippen molar-refractivity contribution in [3.63, 3.8) is 0 Å². The van der Waals surface area contributed by atoms with Gasteiger partial charge in [-0.25, -0.2) is 0 Å². The smallest absolute Gasteiger partial charge is 0.244 e. The molecule has 0 saturated heterocycles. The molecule has 1 heterocycles. The number of aliphatic hydroxyl groups excluding tert-OH is 1. The molecule has 7 heteroatoms. The molecule has 2 N–H and O–H groups in total. The van der Waals surface area contributed by atoms with E-state index in [1.54, 1.807) is 31.2 Å². The maximum Gasteiger partial charge on any atom is 0.244 e. The molecule has 0 saturated carbocycles. The van der Waals surface area contributed by atoms with Gasteiger partial charge in [-0.05, 0) is 25.1 Å². The summed E-state index contributed by atoms with van der Waals surface area (Å²) in [5.41, 5.74) is 1.03. The van der Waals surface area contributed by atoms with Crippen LogP contribution in [0.25, 0.3) is 0 Å². The predicted octanol–water partition coefficient (Wildman–Crippen LogP) is 1.67. The molecular formula is C15H12N4O3. The van der Waals surface area contributed by atoms with E-state index in [1.165, 1.54) is 12.3 Å². The van der Waals surface area contributed by atoms with Crippen LogP contribution in [0.3, 0.4) is 0 Å². The molecule has 1 aromatic carbocycles. The number of carbonyl (C=O) groups is 1. The lowest BCUT2D eigenvalue weighted by molar-refractivity contribution is -0.121. The van der Waals surface area contributed by atoms with Crippen molar-refractivity contribution >= 4 is 11.6 Å². The molecule has 110 valence electrons. The second-order valence-corrected chi connectivity index (χ2v) is 4.57. The topological polar surface area (TPSA) is 123 Å². The van der Waals surface area contributed by atoms with Crippen LogP contribution < -0.4 is 5.32 Å². The van der Waals surface area contributed by atoms with Gasteiger partial charge in [-0.3, -0.25) is 4.79 Å². The molecular weight excluding hydrogens is 284 g/mol. The van der Waals surface area contributed by atoms with Gasteiger partial charge in [0.2, 0.25) is 5.91 Å². The number of anilines is 1. The molecule has 1 aromatic heterocycles. The second kappa shape index (κ2) is 6.53. The minimum absolute atomic E-state index is 0.285. The van der Waals surface area contributed by atoms with E-state index in [0.29, 0.717) is 17.0 Å². The lowest BCUT2D eigenvalue weighted by Gasteiger charge is -2.15. The van der Waals surface area contributed by atoms with E-state index in [0.717, 1.165) is 0 Å². The number of hydrogen-bond donors (Lipinski definition) is 2. The molecule has 0 spiro atoms. The van der Waals surface area contributed by atoms with Crippen molar-refractivity contribution in [1.29, 1.82) is 10.5 Å². The first-order valence-electron chi connectivity index (χ1n) is 6.36. The summed E-state index contributed by atoms with van der Waals surface area (Å²) in [6.45, 7) is 1.58. The number of carbonyl (C=O) groups excluding carboxylic acids is 1. The second-order valence-electron chi connectivity index (χ2n) is 4.57. The molecule has 1 amide bonds. The molecule has 0 aliphatic carbocycles. The van der Waals surface area contributed by atoms with Crippen LogP contribution in [0.2, 0.25) is 0 Å². The summed E-state index contributed by atoms with van der Waals surface area (Å²) < 4.78 is 4.82. The number of rotatable bonds is 4. The lowest BCUT2D eigenvalue weighted by Crippen LogP contribution is -2.27. The maximum atomic E-state index is 12.2. The van der Waals surface area contributed by atoms with Crippen LogP contribution in [0.1, 0.15) is 23.0 Å². The third-order valence-electron chi connectivity index (χ3n) is 3.10. The summed E-state index contributed by atoms with van der Waals surface area (Å²) in [4.78, 5) is 12.2. The number of aliphatic hydroxyl groups is 1. The fraction of sp³-hybridized carbons (Fsp3) is 0.200. The largest absolute Gasteiger partial charge is 0.386 e. The number of nitrogens with zero attached hydrogens (tertiary/aromatic N) is 3. The summed E-state index contributed by atoms with van der Waals surface area (Å²) in [5.74, 6) is -1.67. The van der Waals surface area contributed by atoms with E-state index >= 15 is 0 Å². The molecule has 0 radical (unpaired) electrons. The van der Waals surface area contributed by atoms with Gasteiger partial charge in [-0.2, -0.15) is 10.5 Å². The van der Waals surface area contributed by atoms with Gasteiger partial charge in [0.15, 0.2) is 5.92 Å². The Morgan fingerprint density at radius 1 is 1.45 bits per heavy atom. The average Bonchev–Trinajstić information content (AvgIpc) is 2.94. The first-order chi connectivity index (χ1) is 10.6. The first kappa shape index (κ1) is 15.2. The van der Waals surface area contributed by atoms with Crippen molar-refractivity contribution in [3.8, 4) is 12.1 Å². The maximum absolute atomic E-state index is 12.2. The average molecular weight is 296 g/mol. The highest BCUT2D eigenvalue weighted by Gasteiger charge is 2.30. The zero-order valence-electron chi connectivity index (χ0n) is 11.6. The number of amides is 1. The summed E-state index contributed by atoms with van der Waals surface area (Å²) in [5, 5.41) is 34.2. The van der Waals surface area contributed by atoms with Crippen molar-refractivity contribution in [1.82, 2.24) is 5.16 Å². The number of benzene rings is 1. The van der Waals surface area contributed by atoms with Crippen LogP contribution in [0.5, 0.6) is 0 Å². The Morgan fingerprint density at radius 3 is 2.82 bits per heavy atom. The van der Waals surface area contributed by atoms with E-state index in [1.807, 2.05) is 6.07 Å². The minimum atomic E-state index is -1.35. The van der Waals surface area contributed by atoms with E-state index in [2.05, 4.69) is 10.5 Å².